The van der Waals surface area contributed by atoms with E-state index in [2.05, 4.69) is 5.32 Å². The number of nitrogens with one attached hydrogen (secondary N) is 1. The molecule has 0 radical (unpaired) electrons. The van der Waals surface area contributed by atoms with Crippen molar-refractivity contribution < 1.29 is 19.1 Å². The Labute approximate surface area is 123 Å². The maximum atomic E-state index is 11.7. The quantitative estimate of drug-likeness (QED) is 0.642. The van der Waals surface area contributed by atoms with E-state index < -0.39 is 12.1 Å². The van der Waals surface area contributed by atoms with Gasteiger partial charge in [0, 0.05) is 12.1 Å². The molecular weight excluding hydrogens is 270 g/mol. The van der Waals surface area contributed by atoms with E-state index in [0.717, 1.165) is 18.4 Å². The summed E-state index contributed by atoms with van der Waals surface area (Å²) in [6, 6.07) is 7.55. The number of hydrogen-bond donors (Lipinski definition) is 1. The summed E-state index contributed by atoms with van der Waals surface area (Å²) in [5, 5.41) is 2.79. The summed E-state index contributed by atoms with van der Waals surface area (Å²) < 4.78 is 10.1. The van der Waals surface area contributed by atoms with Crippen LogP contribution in [-0.2, 0) is 14.3 Å². The minimum atomic E-state index is -0.784. The van der Waals surface area contributed by atoms with Gasteiger partial charge in [0.2, 0.25) is 0 Å². The van der Waals surface area contributed by atoms with Crippen LogP contribution in [0.25, 0.3) is 6.08 Å². The number of benzene rings is 1. The van der Waals surface area contributed by atoms with Gasteiger partial charge in [0.25, 0.3) is 5.91 Å². The standard InChI is InChI=1S/C16H19NO4/c1-11(16(19)17-13-7-8-13)21-15(18)9-6-12-4-3-5-14(10-12)20-2/h3-6,9-11,13H,7-8H2,1-2H3,(H,17,19)/b9-6+/t11-/m0/s1. The van der Waals surface area contributed by atoms with Gasteiger partial charge in [-0.2, -0.15) is 0 Å². The number of rotatable bonds is 6. The molecule has 0 saturated heterocycles. The summed E-state index contributed by atoms with van der Waals surface area (Å²) in [6.45, 7) is 1.56. The van der Waals surface area contributed by atoms with Crippen molar-refractivity contribution >= 4 is 18.0 Å². The van der Waals surface area contributed by atoms with E-state index in [1.54, 1.807) is 26.2 Å². The van der Waals surface area contributed by atoms with E-state index in [9.17, 15) is 9.59 Å². The Morgan fingerprint density at radius 2 is 2.14 bits per heavy atom. The molecule has 0 unspecified atom stereocenters. The molecule has 0 spiro atoms. The summed E-state index contributed by atoms with van der Waals surface area (Å²) >= 11 is 0. The van der Waals surface area contributed by atoms with E-state index >= 15 is 0 Å². The molecule has 5 nitrogen and oxygen atoms in total. The summed E-state index contributed by atoms with van der Waals surface area (Å²) in [7, 11) is 1.58. The van der Waals surface area contributed by atoms with Gasteiger partial charge in [-0.3, -0.25) is 4.79 Å². The SMILES string of the molecule is COc1cccc(/C=C/C(=O)O[C@@H](C)C(=O)NC2CC2)c1. The molecule has 5 heteroatoms. The van der Waals surface area contributed by atoms with Gasteiger partial charge in [0.05, 0.1) is 7.11 Å². The van der Waals surface area contributed by atoms with Crippen LogP contribution in [0.1, 0.15) is 25.3 Å². The second kappa shape index (κ2) is 6.92. The Balaban J connectivity index is 1.84. The Morgan fingerprint density at radius 1 is 1.38 bits per heavy atom. The number of carbonyl (C=O) groups is 2. The third kappa shape index (κ3) is 4.95. The lowest BCUT2D eigenvalue weighted by Crippen LogP contribution is -2.36. The number of carbonyl (C=O) groups excluding carboxylic acids is 2. The van der Waals surface area contributed by atoms with Crippen molar-refractivity contribution in [2.45, 2.75) is 31.9 Å². The predicted molar refractivity (Wildman–Crippen MR) is 78.7 cm³/mol. The summed E-state index contributed by atoms with van der Waals surface area (Å²) in [5.41, 5.74) is 0.821. The highest BCUT2D eigenvalue weighted by Gasteiger charge is 2.26. The molecule has 0 bridgehead atoms. The lowest BCUT2D eigenvalue weighted by Gasteiger charge is -2.11. The normalized spacial score (nSPS) is 15.5. The van der Waals surface area contributed by atoms with Crippen LogP contribution in [0.3, 0.4) is 0 Å². The van der Waals surface area contributed by atoms with Crippen LogP contribution in [0.5, 0.6) is 5.75 Å². The number of amides is 1. The maximum absolute atomic E-state index is 11.7. The summed E-state index contributed by atoms with van der Waals surface area (Å²) in [6.07, 6.45) is 4.14. The molecule has 1 aliphatic rings. The molecule has 112 valence electrons. The van der Waals surface area contributed by atoms with Crippen molar-refractivity contribution in [2.24, 2.45) is 0 Å². The van der Waals surface area contributed by atoms with Crippen LogP contribution < -0.4 is 10.1 Å². The molecule has 0 aliphatic heterocycles. The van der Waals surface area contributed by atoms with E-state index in [1.807, 2.05) is 18.2 Å². The van der Waals surface area contributed by atoms with Gasteiger partial charge in [0.15, 0.2) is 6.10 Å². The van der Waals surface area contributed by atoms with Crippen LogP contribution in [0, 0.1) is 0 Å². The first-order chi connectivity index (χ1) is 10.1. The molecule has 1 amide bonds. The zero-order chi connectivity index (χ0) is 15.2. The van der Waals surface area contributed by atoms with Crippen molar-refractivity contribution in [3.8, 4) is 5.75 Å². The lowest BCUT2D eigenvalue weighted by molar-refractivity contribution is -0.150. The van der Waals surface area contributed by atoms with Crippen molar-refractivity contribution in [1.29, 1.82) is 0 Å². The topological polar surface area (TPSA) is 64.6 Å². The van der Waals surface area contributed by atoms with Gasteiger partial charge in [-0.15, -0.1) is 0 Å². The first-order valence-electron chi connectivity index (χ1n) is 6.91. The zero-order valence-corrected chi connectivity index (χ0v) is 12.2. The van der Waals surface area contributed by atoms with Gasteiger partial charge in [0.1, 0.15) is 5.75 Å². The van der Waals surface area contributed by atoms with E-state index in [0.29, 0.717) is 5.75 Å². The fourth-order valence-corrected chi connectivity index (χ4v) is 1.72. The lowest BCUT2D eigenvalue weighted by atomic mass is 10.2. The first kappa shape index (κ1) is 15.1. The maximum Gasteiger partial charge on any atom is 0.331 e. The highest BCUT2D eigenvalue weighted by atomic mass is 16.5. The largest absolute Gasteiger partial charge is 0.497 e. The monoisotopic (exact) mass is 289 g/mol. The van der Waals surface area contributed by atoms with Crippen molar-refractivity contribution in [2.75, 3.05) is 7.11 Å². The first-order valence-corrected chi connectivity index (χ1v) is 6.91. The fraction of sp³-hybridized carbons (Fsp3) is 0.375. The molecule has 1 N–H and O–H groups in total. The van der Waals surface area contributed by atoms with Gasteiger partial charge in [-0.25, -0.2) is 4.79 Å². The minimum Gasteiger partial charge on any atom is -0.497 e. The Kier molecular flexibility index (Phi) is 4.98. The molecule has 21 heavy (non-hydrogen) atoms. The highest BCUT2D eigenvalue weighted by Crippen LogP contribution is 2.19. The average molecular weight is 289 g/mol. The third-order valence-corrected chi connectivity index (χ3v) is 3.09. The Bertz CT molecular complexity index is 549. The van der Waals surface area contributed by atoms with Crippen molar-refractivity contribution in [3.05, 3.63) is 35.9 Å². The average Bonchev–Trinajstić information content (AvgIpc) is 3.29. The Morgan fingerprint density at radius 3 is 2.81 bits per heavy atom. The molecule has 1 saturated carbocycles. The van der Waals surface area contributed by atoms with E-state index in [4.69, 9.17) is 9.47 Å². The van der Waals surface area contributed by atoms with Gasteiger partial charge in [-0.05, 0) is 43.5 Å². The summed E-state index contributed by atoms with van der Waals surface area (Å²) in [5.74, 6) is -0.0837. The van der Waals surface area contributed by atoms with Crippen LogP contribution in [0.15, 0.2) is 30.3 Å². The molecule has 2 rings (SSSR count). The van der Waals surface area contributed by atoms with Crippen LogP contribution in [-0.4, -0.2) is 31.1 Å². The zero-order valence-electron chi connectivity index (χ0n) is 12.2. The molecule has 1 aliphatic carbocycles. The van der Waals surface area contributed by atoms with Crippen LogP contribution >= 0.6 is 0 Å². The second-order valence-corrected chi connectivity index (χ2v) is 4.97. The molecule has 1 atom stereocenters. The summed E-state index contributed by atoms with van der Waals surface area (Å²) in [4.78, 5) is 23.3. The third-order valence-electron chi connectivity index (χ3n) is 3.09. The fourth-order valence-electron chi connectivity index (χ4n) is 1.72. The van der Waals surface area contributed by atoms with Gasteiger partial charge < -0.3 is 14.8 Å². The van der Waals surface area contributed by atoms with Crippen molar-refractivity contribution in [1.82, 2.24) is 5.32 Å². The molecule has 1 aromatic carbocycles. The van der Waals surface area contributed by atoms with Crippen LogP contribution in [0.4, 0.5) is 0 Å². The van der Waals surface area contributed by atoms with E-state index in [-0.39, 0.29) is 11.9 Å². The predicted octanol–water partition coefficient (Wildman–Crippen LogP) is 1.92. The highest BCUT2D eigenvalue weighted by molar-refractivity contribution is 5.90. The second-order valence-electron chi connectivity index (χ2n) is 4.97. The van der Waals surface area contributed by atoms with Crippen LogP contribution in [0.2, 0.25) is 0 Å². The molecular formula is C16H19NO4. The molecule has 0 aromatic heterocycles. The molecule has 1 aromatic rings. The smallest absolute Gasteiger partial charge is 0.331 e. The minimum absolute atomic E-state index is 0.249. The molecule has 1 fully saturated rings. The number of esters is 1. The number of ether oxygens (including phenoxy) is 2. The number of methoxy groups -OCH3 is 1. The Hall–Kier alpha value is -2.30. The molecule has 0 heterocycles. The van der Waals surface area contributed by atoms with Gasteiger partial charge >= 0.3 is 5.97 Å². The number of hydrogen-bond acceptors (Lipinski definition) is 4. The van der Waals surface area contributed by atoms with Gasteiger partial charge in [-0.1, -0.05) is 12.1 Å². The van der Waals surface area contributed by atoms with Crippen molar-refractivity contribution in [3.63, 3.8) is 0 Å². The van der Waals surface area contributed by atoms with E-state index in [1.165, 1.54) is 6.08 Å².